The maximum Gasteiger partial charge on any atom is 0.373 e. The Balaban J connectivity index is 0.000000526. The summed E-state index contributed by atoms with van der Waals surface area (Å²) >= 11 is 0. The monoisotopic (exact) mass is 320 g/mol. The van der Waals surface area contributed by atoms with Crippen molar-refractivity contribution in [2.45, 2.75) is 27.2 Å². The summed E-state index contributed by atoms with van der Waals surface area (Å²) in [6, 6.07) is 10.2. The van der Waals surface area contributed by atoms with Crippen molar-refractivity contribution in [3.05, 3.63) is 57.5 Å². The Labute approximate surface area is 137 Å². The van der Waals surface area contributed by atoms with E-state index in [9.17, 15) is 4.79 Å². The van der Waals surface area contributed by atoms with Gasteiger partial charge in [-0.3, -0.25) is 4.79 Å². The standard InChI is InChI=1S/C18H16N2O.CO2/c1-4-12-11(3)19-20-17(12)14-9-8-10(2)13-6-5-7-15(16(13)14)18(20)21;2-1-3/h5-9H,4H2,1-3H3;. The molecule has 2 aromatic carbocycles. The number of aryl methyl sites for hydroxylation is 3. The SMILES string of the molecule is CCc1c(C)nn2c(=O)c3cccc4c(C)ccc(c43)c12.O=C=O. The quantitative estimate of drug-likeness (QED) is 0.540. The predicted molar refractivity (Wildman–Crippen MR) is 91.5 cm³/mol. The van der Waals surface area contributed by atoms with Gasteiger partial charge in [0, 0.05) is 16.3 Å². The number of benzene rings is 2. The third-order valence-electron chi connectivity index (χ3n) is 4.47. The molecular formula is C19H16N2O3. The van der Waals surface area contributed by atoms with Crippen molar-refractivity contribution >= 4 is 33.2 Å². The number of aromatic nitrogens is 2. The average molecular weight is 320 g/mol. The molecule has 0 fully saturated rings. The first-order valence-electron chi connectivity index (χ1n) is 7.70. The van der Waals surface area contributed by atoms with Crippen LogP contribution in [0.25, 0.3) is 27.1 Å². The summed E-state index contributed by atoms with van der Waals surface area (Å²) < 4.78 is 1.58. The van der Waals surface area contributed by atoms with Crippen LogP contribution in [0.2, 0.25) is 0 Å². The fourth-order valence-electron chi connectivity index (χ4n) is 3.45. The summed E-state index contributed by atoms with van der Waals surface area (Å²) in [7, 11) is 0. The Morgan fingerprint density at radius 3 is 2.38 bits per heavy atom. The van der Waals surface area contributed by atoms with Crippen molar-refractivity contribution in [3.63, 3.8) is 0 Å². The molecule has 0 saturated heterocycles. The van der Waals surface area contributed by atoms with E-state index in [4.69, 9.17) is 9.59 Å². The zero-order chi connectivity index (χ0) is 17.4. The first-order valence-corrected chi connectivity index (χ1v) is 7.70. The first-order chi connectivity index (χ1) is 11.5. The van der Waals surface area contributed by atoms with Crippen LogP contribution in [-0.4, -0.2) is 15.8 Å². The molecule has 2 heterocycles. The third-order valence-corrected chi connectivity index (χ3v) is 4.47. The lowest BCUT2D eigenvalue weighted by molar-refractivity contribution is -0.191. The lowest BCUT2D eigenvalue weighted by Gasteiger charge is -2.09. The highest BCUT2D eigenvalue weighted by Crippen LogP contribution is 2.32. The molecule has 5 nitrogen and oxygen atoms in total. The number of nitrogens with zero attached hydrogens (tertiary/aromatic N) is 2. The molecule has 0 atom stereocenters. The molecule has 5 heteroatoms. The molecule has 4 rings (SSSR count). The van der Waals surface area contributed by atoms with Crippen molar-refractivity contribution in [2.24, 2.45) is 0 Å². The minimum atomic E-state index is -0.0171. The van der Waals surface area contributed by atoms with Crippen LogP contribution in [0.3, 0.4) is 0 Å². The molecule has 4 aromatic rings. The van der Waals surface area contributed by atoms with Crippen LogP contribution >= 0.6 is 0 Å². The Morgan fingerprint density at radius 2 is 1.71 bits per heavy atom. The van der Waals surface area contributed by atoms with Crippen LogP contribution in [0.5, 0.6) is 0 Å². The van der Waals surface area contributed by atoms with Crippen LogP contribution in [0.15, 0.2) is 35.1 Å². The zero-order valence-corrected chi connectivity index (χ0v) is 13.7. The van der Waals surface area contributed by atoms with E-state index in [-0.39, 0.29) is 11.7 Å². The van der Waals surface area contributed by atoms with Crippen molar-refractivity contribution in [2.75, 3.05) is 0 Å². The van der Waals surface area contributed by atoms with Crippen molar-refractivity contribution in [1.82, 2.24) is 9.61 Å². The average Bonchev–Trinajstić information content (AvgIpc) is 2.91. The molecule has 0 saturated carbocycles. The number of fused-ring (bicyclic) bond motifs is 2. The molecule has 0 aliphatic carbocycles. The summed E-state index contributed by atoms with van der Waals surface area (Å²) in [5.74, 6) is 0. The van der Waals surface area contributed by atoms with Gasteiger partial charge < -0.3 is 0 Å². The zero-order valence-electron chi connectivity index (χ0n) is 13.7. The fourth-order valence-corrected chi connectivity index (χ4v) is 3.45. The van der Waals surface area contributed by atoms with Gasteiger partial charge in [-0.2, -0.15) is 19.2 Å². The molecule has 0 N–H and O–H groups in total. The number of carbonyl (C=O) groups excluding carboxylic acids is 2. The summed E-state index contributed by atoms with van der Waals surface area (Å²) in [6.07, 6.45) is 1.13. The third kappa shape index (κ3) is 2.10. The lowest BCUT2D eigenvalue weighted by atomic mass is 9.96. The van der Waals surface area contributed by atoms with Crippen molar-refractivity contribution in [3.8, 4) is 0 Å². The molecule has 0 radical (unpaired) electrons. The van der Waals surface area contributed by atoms with E-state index >= 15 is 0 Å². The number of hydrogen-bond donors (Lipinski definition) is 0. The van der Waals surface area contributed by atoms with Gasteiger partial charge in [0.15, 0.2) is 0 Å². The number of hydrogen-bond acceptors (Lipinski definition) is 4. The van der Waals surface area contributed by atoms with E-state index in [1.54, 1.807) is 4.52 Å². The van der Waals surface area contributed by atoms with Crippen LogP contribution < -0.4 is 5.56 Å². The summed E-state index contributed by atoms with van der Waals surface area (Å²) in [6.45, 7) is 6.18. The van der Waals surface area contributed by atoms with Gasteiger partial charge in [0.05, 0.1) is 16.6 Å². The van der Waals surface area contributed by atoms with E-state index in [0.717, 1.165) is 39.2 Å². The molecule has 2 aromatic heterocycles. The van der Waals surface area contributed by atoms with Crippen LogP contribution in [-0.2, 0) is 16.0 Å². The maximum atomic E-state index is 12.8. The number of rotatable bonds is 1. The Kier molecular flexibility index (Phi) is 3.87. The van der Waals surface area contributed by atoms with Crippen molar-refractivity contribution < 1.29 is 9.59 Å². The van der Waals surface area contributed by atoms with Gasteiger partial charge in [0.2, 0.25) is 0 Å². The molecule has 24 heavy (non-hydrogen) atoms. The highest BCUT2D eigenvalue weighted by Gasteiger charge is 2.17. The van der Waals surface area contributed by atoms with Gasteiger partial charge in [-0.15, -0.1) is 0 Å². The Hall–Kier alpha value is -3.04. The van der Waals surface area contributed by atoms with Gasteiger partial charge in [0.25, 0.3) is 5.56 Å². The van der Waals surface area contributed by atoms with Crippen molar-refractivity contribution in [1.29, 1.82) is 0 Å². The Bertz CT molecular complexity index is 1150. The van der Waals surface area contributed by atoms with E-state index < -0.39 is 0 Å². The molecule has 120 valence electrons. The molecule has 0 aliphatic heterocycles. The second-order valence-corrected chi connectivity index (χ2v) is 5.72. The van der Waals surface area contributed by atoms with Gasteiger partial charge in [-0.1, -0.05) is 31.2 Å². The fraction of sp³-hybridized carbons (Fsp3) is 0.211. The topological polar surface area (TPSA) is 68.5 Å². The van der Waals surface area contributed by atoms with E-state index in [1.807, 2.05) is 19.1 Å². The maximum absolute atomic E-state index is 12.8. The molecule has 0 aliphatic rings. The molecule has 0 unspecified atom stereocenters. The summed E-state index contributed by atoms with van der Waals surface area (Å²) in [5.41, 5.74) is 4.27. The van der Waals surface area contributed by atoms with E-state index in [2.05, 4.69) is 37.1 Å². The largest absolute Gasteiger partial charge is 0.373 e. The Morgan fingerprint density at radius 1 is 1.04 bits per heavy atom. The second kappa shape index (κ2) is 5.87. The molecule has 0 amide bonds. The van der Waals surface area contributed by atoms with Gasteiger partial charge in [-0.05, 0) is 37.3 Å². The molecule has 0 spiro atoms. The highest BCUT2D eigenvalue weighted by molar-refractivity contribution is 6.16. The number of pyridine rings is 1. The van der Waals surface area contributed by atoms with Gasteiger partial charge >= 0.3 is 6.15 Å². The highest BCUT2D eigenvalue weighted by atomic mass is 16.2. The lowest BCUT2D eigenvalue weighted by Crippen LogP contribution is -2.14. The van der Waals surface area contributed by atoms with Crippen LogP contribution in [0.4, 0.5) is 0 Å². The summed E-state index contributed by atoms with van der Waals surface area (Å²) in [4.78, 5) is 29.0. The second-order valence-electron chi connectivity index (χ2n) is 5.72. The normalized spacial score (nSPS) is 10.8. The molecule has 0 bridgehead atoms. The van der Waals surface area contributed by atoms with E-state index in [0.29, 0.717) is 0 Å². The van der Waals surface area contributed by atoms with Crippen LogP contribution in [0, 0.1) is 13.8 Å². The van der Waals surface area contributed by atoms with Gasteiger partial charge in [0.1, 0.15) is 0 Å². The van der Waals surface area contributed by atoms with Crippen LogP contribution in [0.1, 0.15) is 23.7 Å². The minimum absolute atomic E-state index is 0.0171. The smallest absolute Gasteiger partial charge is 0.267 e. The minimum Gasteiger partial charge on any atom is -0.267 e. The first kappa shape index (κ1) is 15.8. The summed E-state index contributed by atoms with van der Waals surface area (Å²) in [5, 5.41) is 8.59. The molecular weight excluding hydrogens is 304 g/mol. The van der Waals surface area contributed by atoms with Gasteiger partial charge in [-0.25, -0.2) is 0 Å². The predicted octanol–water partition coefficient (Wildman–Crippen LogP) is 3.03. The van der Waals surface area contributed by atoms with E-state index in [1.165, 1.54) is 11.1 Å².